The fourth-order valence-corrected chi connectivity index (χ4v) is 4.37. The molecule has 0 atom stereocenters. The molecule has 0 N–H and O–H groups in total. The number of rotatable bonds is 6. The number of carbonyl (C=O) groups is 2. The van der Waals surface area contributed by atoms with Crippen LogP contribution < -0.4 is 15.7 Å². The number of esters is 1. The Morgan fingerprint density at radius 2 is 1.84 bits per heavy atom. The van der Waals surface area contributed by atoms with Gasteiger partial charge in [0.1, 0.15) is 17.3 Å². The third-order valence-electron chi connectivity index (χ3n) is 5.23. The first-order chi connectivity index (χ1) is 17.5. The van der Waals surface area contributed by atoms with Crippen LogP contribution in [0.4, 0.5) is 5.69 Å². The van der Waals surface area contributed by atoms with Crippen molar-refractivity contribution in [2.75, 3.05) is 11.6 Å². The topological polar surface area (TPSA) is 128 Å². The Hall–Kier alpha value is -3.84. The molecular weight excluding hydrogens is 543 g/mol. The Kier molecular flexibility index (Phi) is 8.61. The summed E-state index contributed by atoms with van der Waals surface area (Å²) in [5, 5.41) is 27.0. The van der Waals surface area contributed by atoms with Gasteiger partial charge in [-0.2, -0.15) is 15.4 Å². The highest BCUT2D eigenvalue weighted by atomic mass is 35.5. The molecule has 0 fully saturated rings. The van der Waals surface area contributed by atoms with Crippen LogP contribution in [0.3, 0.4) is 0 Å². The van der Waals surface area contributed by atoms with Gasteiger partial charge in [0, 0.05) is 12.1 Å². The van der Waals surface area contributed by atoms with Crippen molar-refractivity contribution >= 4 is 64.2 Å². The molecule has 0 radical (unpaired) electrons. The van der Waals surface area contributed by atoms with Crippen LogP contribution in [0.5, 0.6) is 5.88 Å². The van der Waals surface area contributed by atoms with Crippen LogP contribution in [0.25, 0.3) is 6.08 Å². The molecule has 0 spiro atoms. The number of aromatic nitrogens is 1. The van der Waals surface area contributed by atoms with Crippen molar-refractivity contribution in [3.63, 3.8) is 0 Å². The zero-order chi connectivity index (χ0) is 27.4. The van der Waals surface area contributed by atoms with Gasteiger partial charge in [-0.15, -0.1) is 0 Å². The fraction of sp³-hybridized carbons (Fsp3) is 0.160. The predicted molar refractivity (Wildman–Crippen MR) is 140 cm³/mol. The van der Waals surface area contributed by atoms with Gasteiger partial charge >= 0.3 is 5.97 Å². The zero-order valence-corrected chi connectivity index (χ0v) is 22.0. The Bertz CT molecular complexity index is 1510. The van der Waals surface area contributed by atoms with Crippen molar-refractivity contribution in [3.05, 3.63) is 84.1 Å². The summed E-state index contributed by atoms with van der Waals surface area (Å²) in [6.45, 7) is 3.17. The second kappa shape index (κ2) is 11.5. The number of pyridine rings is 1. The Morgan fingerprint density at radius 3 is 2.43 bits per heavy atom. The summed E-state index contributed by atoms with van der Waals surface area (Å²) in [6, 6.07) is 4.57. The minimum Gasteiger partial charge on any atom is -0.860 e. The SMILES string of the molecule is CCOC(=O)C1=NN(c2c(Cl)cc(Cl)cc2Cl)C(=O)C1=CC=CC=Cc1c(C)c(C#N)c(=O)n(C)c1[O-]. The number of amides is 1. The zero-order valence-electron chi connectivity index (χ0n) is 19.7. The second-order valence-electron chi connectivity index (χ2n) is 7.52. The first-order valence-electron chi connectivity index (χ1n) is 10.6. The van der Waals surface area contributed by atoms with Crippen LogP contribution in [0.2, 0.25) is 15.1 Å². The Labute approximate surface area is 226 Å². The lowest BCUT2D eigenvalue weighted by atomic mass is 10.0. The molecule has 0 aliphatic carbocycles. The minimum atomic E-state index is -0.824. The van der Waals surface area contributed by atoms with E-state index in [0.717, 1.165) is 9.58 Å². The van der Waals surface area contributed by atoms with Gasteiger partial charge in [-0.05, 0) is 49.1 Å². The number of ether oxygens (including phenoxy) is 1. The lowest BCUT2D eigenvalue weighted by Crippen LogP contribution is -2.25. The Balaban J connectivity index is 1.97. The molecule has 2 heterocycles. The fourth-order valence-electron chi connectivity index (χ4n) is 3.40. The standard InChI is InChI=1S/C25H19Cl3N4O5/c1-4-37-25(36)20-16(24(35)32(30-20)21-18(27)10-14(26)11-19(21)28)9-7-5-6-8-15-13(2)17(12-29)23(34)31(3)22(15)33/h5-11,33H,4H2,1-3H3/p-1. The number of nitriles is 1. The third kappa shape index (κ3) is 5.47. The van der Waals surface area contributed by atoms with Gasteiger partial charge in [0.2, 0.25) is 0 Å². The molecule has 9 nitrogen and oxygen atoms in total. The summed E-state index contributed by atoms with van der Waals surface area (Å²) >= 11 is 18.4. The molecule has 1 aliphatic heterocycles. The first-order valence-corrected chi connectivity index (χ1v) is 11.8. The molecule has 0 unspecified atom stereocenters. The molecule has 1 aromatic carbocycles. The number of hydrazone groups is 1. The normalized spacial score (nSPS) is 14.6. The molecule has 2 aromatic rings. The molecule has 12 heteroatoms. The van der Waals surface area contributed by atoms with Crippen molar-refractivity contribution < 1.29 is 19.4 Å². The van der Waals surface area contributed by atoms with E-state index >= 15 is 0 Å². The summed E-state index contributed by atoms with van der Waals surface area (Å²) in [5.41, 5.74) is -0.656. The van der Waals surface area contributed by atoms with Crippen LogP contribution in [0, 0.1) is 18.3 Å². The number of anilines is 1. The lowest BCUT2D eigenvalue weighted by Gasteiger charge is -2.18. The highest BCUT2D eigenvalue weighted by Crippen LogP contribution is 2.39. The van der Waals surface area contributed by atoms with Crippen molar-refractivity contribution in [3.8, 4) is 11.9 Å². The van der Waals surface area contributed by atoms with E-state index in [0.29, 0.717) is 0 Å². The average molecular weight is 561 g/mol. The monoisotopic (exact) mass is 559 g/mol. The highest BCUT2D eigenvalue weighted by Gasteiger charge is 2.37. The predicted octanol–water partition coefficient (Wildman–Crippen LogP) is 4.06. The van der Waals surface area contributed by atoms with Crippen molar-refractivity contribution in [1.29, 1.82) is 5.26 Å². The number of benzene rings is 1. The molecule has 1 amide bonds. The van der Waals surface area contributed by atoms with Crippen LogP contribution in [-0.4, -0.2) is 28.8 Å². The van der Waals surface area contributed by atoms with E-state index in [1.54, 1.807) is 6.92 Å². The Morgan fingerprint density at radius 1 is 1.19 bits per heavy atom. The number of nitrogens with zero attached hydrogens (tertiary/aromatic N) is 4. The molecule has 0 saturated heterocycles. The number of hydrogen-bond acceptors (Lipinski definition) is 7. The van der Waals surface area contributed by atoms with Crippen molar-refractivity contribution in [2.24, 2.45) is 12.1 Å². The summed E-state index contributed by atoms with van der Waals surface area (Å²) in [4.78, 5) is 37.7. The molecule has 0 bridgehead atoms. The minimum absolute atomic E-state index is 0.0493. The molecular formula is C25H18Cl3N4O5-. The van der Waals surface area contributed by atoms with E-state index in [1.165, 1.54) is 56.5 Å². The quantitative estimate of drug-likeness (QED) is 0.298. The molecule has 1 aliphatic rings. The van der Waals surface area contributed by atoms with Crippen molar-refractivity contribution in [2.45, 2.75) is 13.8 Å². The molecule has 3 rings (SSSR count). The van der Waals surface area contributed by atoms with Crippen LogP contribution >= 0.6 is 34.8 Å². The van der Waals surface area contributed by atoms with Gasteiger partial charge in [0.05, 0.1) is 22.2 Å². The molecule has 190 valence electrons. The van der Waals surface area contributed by atoms with Crippen LogP contribution in [0.1, 0.15) is 23.6 Å². The summed E-state index contributed by atoms with van der Waals surface area (Å²) < 4.78 is 5.88. The first kappa shape index (κ1) is 27.7. The largest absolute Gasteiger partial charge is 0.860 e. The highest BCUT2D eigenvalue weighted by molar-refractivity contribution is 6.54. The van der Waals surface area contributed by atoms with Gasteiger partial charge in [0.25, 0.3) is 11.5 Å². The van der Waals surface area contributed by atoms with E-state index in [4.69, 9.17) is 39.5 Å². The van der Waals surface area contributed by atoms with E-state index in [-0.39, 0.29) is 55.3 Å². The summed E-state index contributed by atoms with van der Waals surface area (Å²) in [5.74, 6) is -2.06. The van der Waals surface area contributed by atoms with Crippen LogP contribution in [-0.2, 0) is 21.4 Å². The van der Waals surface area contributed by atoms with Gasteiger partial charge in [-0.3, -0.25) is 9.59 Å². The summed E-state index contributed by atoms with van der Waals surface area (Å²) in [7, 11) is 1.29. The summed E-state index contributed by atoms with van der Waals surface area (Å²) in [6.07, 6.45) is 7.19. The maximum absolute atomic E-state index is 13.2. The second-order valence-corrected chi connectivity index (χ2v) is 8.77. The van der Waals surface area contributed by atoms with E-state index < -0.39 is 23.3 Å². The maximum atomic E-state index is 13.2. The average Bonchev–Trinajstić information content (AvgIpc) is 3.15. The number of carbonyl (C=O) groups excluding carboxylic acids is 2. The third-order valence-corrected chi connectivity index (χ3v) is 6.03. The van der Waals surface area contributed by atoms with E-state index in [2.05, 4.69) is 5.10 Å². The van der Waals surface area contributed by atoms with Gasteiger partial charge in [0.15, 0.2) is 5.71 Å². The number of allylic oxidation sites excluding steroid dienone is 4. The van der Waals surface area contributed by atoms with Gasteiger partial charge in [-0.25, -0.2) is 4.79 Å². The van der Waals surface area contributed by atoms with E-state index in [9.17, 15) is 24.8 Å². The number of hydrogen-bond donors (Lipinski definition) is 0. The lowest BCUT2D eigenvalue weighted by molar-refractivity contribution is -0.279. The van der Waals surface area contributed by atoms with E-state index in [1.807, 2.05) is 6.07 Å². The smallest absolute Gasteiger partial charge is 0.359 e. The van der Waals surface area contributed by atoms with Gasteiger partial charge < -0.3 is 14.4 Å². The maximum Gasteiger partial charge on any atom is 0.359 e. The van der Waals surface area contributed by atoms with Gasteiger partial charge in [-0.1, -0.05) is 59.1 Å². The van der Waals surface area contributed by atoms with Crippen molar-refractivity contribution in [1.82, 2.24) is 4.57 Å². The molecule has 37 heavy (non-hydrogen) atoms. The van der Waals surface area contributed by atoms with Crippen LogP contribution in [0.15, 0.2) is 51.9 Å². The number of halogens is 3. The molecule has 0 saturated carbocycles. The molecule has 1 aromatic heterocycles.